The van der Waals surface area contributed by atoms with E-state index in [0.29, 0.717) is 11.6 Å². The Morgan fingerprint density at radius 2 is 2.21 bits per heavy atom. The number of thiazole rings is 1. The Morgan fingerprint density at radius 3 is 2.83 bits per heavy atom. The van der Waals surface area contributed by atoms with Gasteiger partial charge in [-0.05, 0) is 38.0 Å². The van der Waals surface area contributed by atoms with Crippen LogP contribution in [0.4, 0.5) is 0 Å². The molecule has 124 valence electrons. The van der Waals surface area contributed by atoms with E-state index >= 15 is 0 Å². The van der Waals surface area contributed by atoms with Gasteiger partial charge in [0.1, 0.15) is 0 Å². The highest BCUT2D eigenvalue weighted by atomic mass is 35.5. The van der Waals surface area contributed by atoms with Gasteiger partial charge in [0.2, 0.25) is 0 Å². The molecule has 0 aliphatic heterocycles. The number of rotatable bonds is 4. The highest BCUT2D eigenvalue weighted by Gasteiger charge is 2.42. The number of fused-ring (bicyclic) bond motifs is 1. The van der Waals surface area contributed by atoms with Crippen molar-refractivity contribution in [3.05, 3.63) is 45.2 Å². The Bertz CT molecular complexity index is 972. The van der Waals surface area contributed by atoms with E-state index in [9.17, 15) is 4.79 Å². The van der Waals surface area contributed by atoms with E-state index in [0.717, 1.165) is 26.5 Å². The minimum Gasteiger partial charge on any atom is -0.476 e. The van der Waals surface area contributed by atoms with Crippen molar-refractivity contribution in [2.75, 3.05) is 0 Å². The SMILES string of the molecule is Cc1cc(C(=O)O)nn1Cc1c(Cl)ccc2sc(C3(C)CC3)nc12. The van der Waals surface area contributed by atoms with Crippen LogP contribution in [0.5, 0.6) is 0 Å². The average molecular weight is 362 g/mol. The lowest BCUT2D eigenvalue weighted by molar-refractivity contribution is 0.0689. The molecule has 1 saturated carbocycles. The fourth-order valence-corrected chi connectivity index (χ4v) is 4.17. The smallest absolute Gasteiger partial charge is 0.356 e. The molecular weight excluding hydrogens is 346 g/mol. The summed E-state index contributed by atoms with van der Waals surface area (Å²) >= 11 is 8.14. The van der Waals surface area contributed by atoms with Crippen LogP contribution in [0.2, 0.25) is 5.02 Å². The van der Waals surface area contributed by atoms with E-state index in [1.165, 1.54) is 12.8 Å². The van der Waals surface area contributed by atoms with Crippen molar-refractivity contribution in [3.8, 4) is 0 Å². The third-order valence-electron chi connectivity index (χ3n) is 4.63. The zero-order valence-corrected chi connectivity index (χ0v) is 14.9. The number of aromatic carboxylic acids is 1. The molecule has 2 aromatic heterocycles. The van der Waals surface area contributed by atoms with Crippen molar-refractivity contribution in [2.45, 2.75) is 38.6 Å². The van der Waals surface area contributed by atoms with E-state index in [1.807, 2.05) is 19.1 Å². The van der Waals surface area contributed by atoms with Gasteiger partial charge < -0.3 is 5.11 Å². The van der Waals surface area contributed by atoms with Gasteiger partial charge in [-0.3, -0.25) is 4.68 Å². The Balaban J connectivity index is 1.79. The second-order valence-electron chi connectivity index (χ2n) is 6.59. The Hall–Kier alpha value is -1.92. The molecule has 0 radical (unpaired) electrons. The molecule has 0 saturated heterocycles. The normalized spacial score (nSPS) is 15.8. The van der Waals surface area contributed by atoms with Gasteiger partial charge in [-0.25, -0.2) is 9.78 Å². The molecule has 1 fully saturated rings. The molecule has 0 unspecified atom stereocenters. The van der Waals surface area contributed by atoms with Crippen molar-refractivity contribution in [2.24, 2.45) is 0 Å². The number of carboxylic acid groups (broad SMARTS) is 1. The number of carbonyl (C=O) groups is 1. The monoisotopic (exact) mass is 361 g/mol. The third-order valence-corrected chi connectivity index (χ3v) is 6.31. The molecule has 1 aliphatic rings. The number of hydrogen-bond donors (Lipinski definition) is 1. The summed E-state index contributed by atoms with van der Waals surface area (Å²) in [5, 5.41) is 15.0. The fourth-order valence-electron chi connectivity index (χ4n) is 2.76. The molecule has 1 aliphatic carbocycles. The number of hydrogen-bond acceptors (Lipinski definition) is 4. The molecule has 1 N–H and O–H groups in total. The number of carboxylic acids is 1. The predicted octanol–water partition coefficient (Wildman–Crippen LogP) is 4.25. The van der Waals surface area contributed by atoms with Gasteiger partial charge >= 0.3 is 5.97 Å². The first-order chi connectivity index (χ1) is 11.4. The van der Waals surface area contributed by atoms with Gasteiger partial charge in [0, 0.05) is 21.7 Å². The minimum absolute atomic E-state index is 0.0419. The maximum absolute atomic E-state index is 11.1. The molecule has 2 heterocycles. The van der Waals surface area contributed by atoms with Crippen LogP contribution >= 0.6 is 22.9 Å². The number of benzene rings is 1. The molecule has 4 rings (SSSR count). The summed E-state index contributed by atoms with van der Waals surface area (Å²) in [6.45, 7) is 4.49. The molecule has 7 heteroatoms. The maximum atomic E-state index is 11.1. The van der Waals surface area contributed by atoms with Gasteiger partial charge in [-0.1, -0.05) is 18.5 Å². The number of nitrogens with zero attached hydrogens (tertiary/aromatic N) is 3. The molecule has 0 spiro atoms. The van der Waals surface area contributed by atoms with Gasteiger partial charge in [0.25, 0.3) is 0 Å². The minimum atomic E-state index is -1.03. The Kier molecular flexibility index (Phi) is 3.44. The second-order valence-corrected chi connectivity index (χ2v) is 8.02. The summed E-state index contributed by atoms with van der Waals surface area (Å²) in [6, 6.07) is 5.45. The van der Waals surface area contributed by atoms with E-state index in [4.69, 9.17) is 21.7 Å². The lowest BCUT2D eigenvalue weighted by Crippen LogP contribution is -2.07. The Labute approximate surface area is 147 Å². The van der Waals surface area contributed by atoms with Crippen molar-refractivity contribution in [1.82, 2.24) is 14.8 Å². The van der Waals surface area contributed by atoms with E-state index in [2.05, 4.69) is 12.0 Å². The van der Waals surface area contributed by atoms with Crippen LogP contribution in [0, 0.1) is 6.92 Å². The van der Waals surface area contributed by atoms with Gasteiger partial charge in [-0.15, -0.1) is 11.3 Å². The van der Waals surface area contributed by atoms with Crippen molar-refractivity contribution >= 4 is 39.1 Å². The number of halogens is 1. The molecule has 0 amide bonds. The molecule has 24 heavy (non-hydrogen) atoms. The number of aryl methyl sites for hydroxylation is 1. The van der Waals surface area contributed by atoms with Crippen LogP contribution in [0.3, 0.4) is 0 Å². The summed E-state index contributed by atoms with van der Waals surface area (Å²) in [5.41, 5.74) is 2.84. The zero-order valence-electron chi connectivity index (χ0n) is 13.3. The van der Waals surface area contributed by atoms with E-state index in [-0.39, 0.29) is 11.1 Å². The first-order valence-corrected chi connectivity index (χ1v) is 8.93. The standard InChI is InChI=1S/C17H16ClN3O2S/c1-9-7-12(15(22)23)20-21(9)8-10-11(18)3-4-13-14(10)19-16(24-13)17(2)5-6-17/h3-4,7H,5-6,8H2,1-2H3,(H,22,23). The summed E-state index contributed by atoms with van der Waals surface area (Å²) in [7, 11) is 0. The van der Waals surface area contributed by atoms with Crippen LogP contribution in [0.25, 0.3) is 10.2 Å². The maximum Gasteiger partial charge on any atom is 0.356 e. The van der Waals surface area contributed by atoms with Crippen molar-refractivity contribution < 1.29 is 9.90 Å². The zero-order chi connectivity index (χ0) is 17.1. The topological polar surface area (TPSA) is 68.0 Å². The first-order valence-electron chi connectivity index (χ1n) is 7.73. The van der Waals surface area contributed by atoms with Crippen LogP contribution in [0.1, 0.15) is 46.5 Å². The highest BCUT2D eigenvalue weighted by Crippen LogP contribution is 2.50. The predicted molar refractivity (Wildman–Crippen MR) is 94.2 cm³/mol. The summed E-state index contributed by atoms with van der Waals surface area (Å²) in [6.07, 6.45) is 2.35. The Morgan fingerprint density at radius 1 is 1.46 bits per heavy atom. The first kappa shape index (κ1) is 15.6. The lowest BCUT2D eigenvalue weighted by atomic mass is 10.1. The molecule has 3 aromatic rings. The lowest BCUT2D eigenvalue weighted by Gasteiger charge is -2.07. The largest absolute Gasteiger partial charge is 0.476 e. The quantitative estimate of drug-likeness (QED) is 0.754. The van der Waals surface area contributed by atoms with Crippen molar-refractivity contribution in [3.63, 3.8) is 0 Å². The van der Waals surface area contributed by atoms with Gasteiger partial charge in [-0.2, -0.15) is 5.10 Å². The number of aromatic nitrogens is 3. The summed E-state index contributed by atoms with van der Waals surface area (Å²) in [5.74, 6) is -1.03. The van der Waals surface area contributed by atoms with Crippen LogP contribution < -0.4 is 0 Å². The highest BCUT2D eigenvalue weighted by molar-refractivity contribution is 7.18. The van der Waals surface area contributed by atoms with Crippen LogP contribution in [-0.4, -0.2) is 25.8 Å². The molecule has 5 nitrogen and oxygen atoms in total. The molecule has 1 aromatic carbocycles. The molecule has 0 atom stereocenters. The molecular formula is C17H16ClN3O2S. The van der Waals surface area contributed by atoms with E-state index in [1.54, 1.807) is 22.1 Å². The molecule has 0 bridgehead atoms. The van der Waals surface area contributed by atoms with Crippen LogP contribution in [0.15, 0.2) is 18.2 Å². The van der Waals surface area contributed by atoms with Gasteiger partial charge in [0.15, 0.2) is 5.69 Å². The summed E-state index contributed by atoms with van der Waals surface area (Å²) < 4.78 is 2.78. The van der Waals surface area contributed by atoms with Crippen LogP contribution in [-0.2, 0) is 12.0 Å². The van der Waals surface area contributed by atoms with Crippen molar-refractivity contribution in [1.29, 1.82) is 0 Å². The summed E-state index contributed by atoms with van der Waals surface area (Å²) in [4.78, 5) is 16.0. The fraction of sp³-hybridized carbons (Fsp3) is 0.353. The van der Waals surface area contributed by atoms with E-state index < -0.39 is 5.97 Å². The van der Waals surface area contributed by atoms with Gasteiger partial charge in [0.05, 0.1) is 21.8 Å². The average Bonchev–Trinajstić information content (AvgIpc) is 2.96. The second kappa shape index (κ2) is 5.29. The third kappa shape index (κ3) is 2.50.